The topological polar surface area (TPSA) is 110 Å². The van der Waals surface area contributed by atoms with Gasteiger partial charge in [-0.05, 0) is 67.7 Å². The number of sulfonamides is 1. The summed E-state index contributed by atoms with van der Waals surface area (Å²) in [5.41, 5.74) is -2.28. The van der Waals surface area contributed by atoms with Crippen molar-refractivity contribution in [2.24, 2.45) is 16.5 Å². The molecule has 2 heterocycles. The zero-order valence-electron chi connectivity index (χ0n) is 22.6. The van der Waals surface area contributed by atoms with Gasteiger partial charge in [-0.15, -0.1) is 0 Å². The highest BCUT2D eigenvalue weighted by Gasteiger charge is 2.55. The molecule has 1 saturated carbocycles. The molecular formula is C26H33F6N3O5S. The maximum atomic E-state index is 14.1. The highest BCUT2D eigenvalue weighted by atomic mass is 32.2. The third-order valence-electron chi connectivity index (χ3n) is 8.72. The Bertz CT molecular complexity index is 1290. The third kappa shape index (κ3) is 6.21. The van der Waals surface area contributed by atoms with Crippen molar-refractivity contribution in [3.63, 3.8) is 0 Å². The Labute approximate surface area is 234 Å². The molecule has 41 heavy (non-hydrogen) atoms. The lowest BCUT2D eigenvalue weighted by Gasteiger charge is -2.42. The SMILES string of the molecule is CC(C)[C@]1(C(=O)N2CCc3c(cc(C(F)(F)F)cc3S(N)(=O)=O)C2)CC[C@@H](N(C(=O)C(F)(F)F)C2CCOCC2)C1. The summed E-state index contributed by atoms with van der Waals surface area (Å²) in [6.45, 7) is 3.60. The van der Waals surface area contributed by atoms with Crippen LogP contribution in [0.25, 0.3) is 0 Å². The molecule has 0 radical (unpaired) electrons. The van der Waals surface area contributed by atoms with Crippen LogP contribution >= 0.6 is 0 Å². The number of alkyl halides is 6. The van der Waals surface area contributed by atoms with Gasteiger partial charge >= 0.3 is 18.3 Å². The summed E-state index contributed by atoms with van der Waals surface area (Å²) in [6, 6.07) is -0.259. The highest BCUT2D eigenvalue weighted by Crippen LogP contribution is 2.49. The fourth-order valence-electron chi connectivity index (χ4n) is 6.56. The van der Waals surface area contributed by atoms with Gasteiger partial charge in [-0.1, -0.05) is 13.8 Å². The highest BCUT2D eigenvalue weighted by molar-refractivity contribution is 7.89. The summed E-state index contributed by atoms with van der Waals surface area (Å²) >= 11 is 0. The smallest absolute Gasteiger partial charge is 0.381 e. The zero-order valence-corrected chi connectivity index (χ0v) is 23.5. The van der Waals surface area contributed by atoms with Crippen molar-refractivity contribution in [1.29, 1.82) is 0 Å². The van der Waals surface area contributed by atoms with Crippen LogP contribution in [0.3, 0.4) is 0 Å². The van der Waals surface area contributed by atoms with Gasteiger partial charge in [0, 0.05) is 38.4 Å². The van der Waals surface area contributed by atoms with Gasteiger partial charge in [0.25, 0.3) is 0 Å². The molecule has 0 spiro atoms. The second kappa shape index (κ2) is 11.0. The van der Waals surface area contributed by atoms with Crippen molar-refractivity contribution < 1.29 is 49.1 Å². The number of fused-ring (bicyclic) bond motifs is 1. The minimum Gasteiger partial charge on any atom is -0.381 e. The molecule has 3 aliphatic rings. The molecule has 230 valence electrons. The zero-order chi connectivity index (χ0) is 30.5. The van der Waals surface area contributed by atoms with E-state index in [9.17, 15) is 44.3 Å². The fourth-order valence-corrected chi connectivity index (χ4v) is 7.42. The summed E-state index contributed by atoms with van der Waals surface area (Å²) < 4.78 is 111. The van der Waals surface area contributed by atoms with Crippen LogP contribution in [0.2, 0.25) is 0 Å². The van der Waals surface area contributed by atoms with Crippen LogP contribution in [0.15, 0.2) is 17.0 Å². The lowest BCUT2D eigenvalue weighted by Crippen LogP contribution is -2.54. The average Bonchev–Trinajstić information content (AvgIpc) is 3.32. The monoisotopic (exact) mass is 613 g/mol. The summed E-state index contributed by atoms with van der Waals surface area (Å²) in [4.78, 5) is 28.2. The number of hydrogen-bond donors (Lipinski definition) is 1. The molecule has 2 fully saturated rings. The van der Waals surface area contributed by atoms with E-state index in [0.717, 1.165) is 11.0 Å². The first kappa shape index (κ1) is 31.5. The van der Waals surface area contributed by atoms with Gasteiger partial charge in [-0.3, -0.25) is 9.59 Å². The fraction of sp³-hybridized carbons (Fsp3) is 0.692. The molecule has 0 bridgehead atoms. The maximum absolute atomic E-state index is 14.1. The van der Waals surface area contributed by atoms with E-state index >= 15 is 0 Å². The minimum atomic E-state index is -5.10. The second-order valence-corrected chi connectivity index (χ2v) is 12.9. The summed E-state index contributed by atoms with van der Waals surface area (Å²) in [7, 11) is -4.50. The molecule has 0 unspecified atom stereocenters. The van der Waals surface area contributed by atoms with Crippen LogP contribution in [0.4, 0.5) is 26.3 Å². The number of carbonyl (C=O) groups excluding carboxylic acids is 2. The number of halogens is 6. The average molecular weight is 614 g/mol. The number of primary sulfonamides is 1. The quantitative estimate of drug-likeness (QED) is 0.505. The van der Waals surface area contributed by atoms with E-state index in [4.69, 9.17) is 9.88 Å². The predicted molar refractivity (Wildman–Crippen MR) is 134 cm³/mol. The molecule has 1 saturated heterocycles. The van der Waals surface area contributed by atoms with Crippen molar-refractivity contribution in [3.8, 4) is 0 Å². The third-order valence-corrected chi connectivity index (χ3v) is 9.70. The number of hydrogen-bond acceptors (Lipinski definition) is 5. The number of carbonyl (C=O) groups is 2. The summed E-state index contributed by atoms with van der Waals surface area (Å²) in [5, 5.41) is 5.21. The molecule has 2 aliphatic heterocycles. The molecule has 4 rings (SSSR count). The van der Waals surface area contributed by atoms with E-state index in [1.165, 1.54) is 4.90 Å². The number of nitrogens with zero attached hydrogens (tertiary/aromatic N) is 2. The molecule has 1 aromatic carbocycles. The lowest BCUT2D eigenvalue weighted by atomic mass is 9.73. The van der Waals surface area contributed by atoms with Gasteiger partial charge in [-0.2, -0.15) is 26.3 Å². The van der Waals surface area contributed by atoms with E-state index in [-0.39, 0.29) is 81.9 Å². The number of rotatable bonds is 5. The van der Waals surface area contributed by atoms with Gasteiger partial charge in [0.1, 0.15) is 0 Å². The first-order chi connectivity index (χ1) is 18.9. The van der Waals surface area contributed by atoms with Gasteiger partial charge < -0.3 is 14.5 Å². The molecule has 8 nitrogen and oxygen atoms in total. The van der Waals surface area contributed by atoms with E-state index in [0.29, 0.717) is 6.07 Å². The Balaban J connectivity index is 1.65. The second-order valence-electron chi connectivity index (χ2n) is 11.4. The number of ether oxygens (including phenoxy) is 1. The van der Waals surface area contributed by atoms with Crippen molar-refractivity contribution in [1.82, 2.24) is 9.80 Å². The van der Waals surface area contributed by atoms with Crippen LogP contribution < -0.4 is 5.14 Å². The van der Waals surface area contributed by atoms with Gasteiger partial charge in [-0.25, -0.2) is 13.6 Å². The van der Waals surface area contributed by atoms with Crippen molar-refractivity contribution in [2.45, 2.75) is 88.2 Å². The Morgan fingerprint density at radius 2 is 1.71 bits per heavy atom. The molecule has 0 aromatic heterocycles. The Kier molecular flexibility index (Phi) is 8.48. The maximum Gasteiger partial charge on any atom is 0.471 e. The predicted octanol–water partition coefficient (Wildman–Crippen LogP) is 4.00. The molecule has 2 atom stereocenters. The van der Waals surface area contributed by atoms with Crippen LogP contribution in [0, 0.1) is 11.3 Å². The van der Waals surface area contributed by atoms with Crippen molar-refractivity contribution >= 4 is 21.8 Å². The molecule has 1 aromatic rings. The van der Waals surface area contributed by atoms with Crippen LogP contribution in [0.5, 0.6) is 0 Å². The Morgan fingerprint density at radius 1 is 1.07 bits per heavy atom. The van der Waals surface area contributed by atoms with Gasteiger partial charge in [0.2, 0.25) is 15.9 Å². The van der Waals surface area contributed by atoms with E-state index in [1.807, 2.05) is 0 Å². The molecule has 1 aliphatic carbocycles. The Hall–Kier alpha value is -2.39. The van der Waals surface area contributed by atoms with E-state index in [1.54, 1.807) is 13.8 Å². The first-order valence-electron chi connectivity index (χ1n) is 13.4. The summed E-state index contributed by atoms with van der Waals surface area (Å²) in [5.74, 6) is -2.76. The molecule has 2 amide bonds. The largest absolute Gasteiger partial charge is 0.471 e. The van der Waals surface area contributed by atoms with Crippen LogP contribution in [-0.4, -0.2) is 68.1 Å². The Morgan fingerprint density at radius 3 is 2.24 bits per heavy atom. The van der Waals surface area contributed by atoms with E-state index in [2.05, 4.69) is 0 Å². The molecule has 15 heteroatoms. The van der Waals surface area contributed by atoms with Crippen LogP contribution in [0.1, 0.15) is 62.6 Å². The van der Waals surface area contributed by atoms with E-state index < -0.39 is 62.1 Å². The number of benzene rings is 1. The summed E-state index contributed by atoms with van der Waals surface area (Å²) in [6.07, 6.45) is -9.25. The lowest BCUT2D eigenvalue weighted by molar-refractivity contribution is -0.192. The minimum absolute atomic E-state index is 0.00650. The van der Waals surface area contributed by atoms with Crippen LogP contribution in [-0.2, 0) is 43.5 Å². The van der Waals surface area contributed by atoms with Crippen molar-refractivity contribution in [3.05, 3.63) is 28.8 Å². The standard InChI is InChI=1S/C26H33F6N3O5S/c1-15(2)24(7-3-19(13-24)35(23(37)26(30,31)32)18-5-9-40-10-6-18)22(36)34-8-4-20-16(14-34)11-17(25(27,28)29)12-21(20)41(33,38)39/h11-12,15,18-19H,3-10,13-14H2,1-2H3,(H2,33,38,39)/t19-,24+/m1/s1. The van der Waals surface area contributed by atoms with Gasteiger partial charge in [0.15, 0.2) is 0 Å². The number of nitrogens with two attached hydrogens (primary N) is 1. The van der Waals surface area contributed by atoms with Crippen molar-refractivity contribution in [2.75, 3.05) is 19.8 Å². The number of amides is 2. The van der Waals surface area contributed by atoms with Gasteiger partial charge in [0.05, 0.1) is 15.9 Å². The normalized spacial score (nSPS) is 24.4. The first-order valence-corrected chi connectivity index (χ1v) is 14.9. The molecule has 2 N–H and O–H groups in total. The molecular weight excluding hydrogens is 580 g/mol.